The van der Waals surface area contributed by atoms with Crippen LogP contribution in [0.15, 0.2) is 30.3 Å². The number of nitrogens with one attached hydrogen (secondary N) is 1. The van der Waals surface area contributed by atoms with Crippen molar-refractivity contribution >= 4 is 11.5 Å². The molecule has 0 radical (unpaired) electrons. The molecule has 1 aromatic carbocycles. The molecule has 1 N–H and O–H groups in total. The first-order valence-corrected chi connectivity index (χ1v) is 7.42. The van der Waals surface area contributed by atoms with Crippen LogP contribution in [0.2, 0.25) is 0 Å². The lowest BCUT2D eigenvalue weighted by atomic mass is 10.1. The molecule has 112 valence electrons. The van der Waals surface area contributed by atoms with Crippen LogP contribution in [0.5, 0.6) is 0 Å². The Balaban J connectivity index is 2.41. The van der Waals surface area contributed by atoms with E-state index in [1.54, 1.807) is 0 Å². The molecule has 1 aromatic heterocycles. The van der Waals surface area contributed by atoms with E-state index in [1.807, 2.05) is 20.2 Å². The van der Waals surface area contributed by atoms with Gasteiger partial charge in [-0.2, -0.15) is 0 Å². The molecular weight excluding hydrogens is 260 g/mol. The van der Waals surface area contributed by atoms with Crippen LogP contribution in [-0.2, 0) is 0 Å². The summed E-state index contributed by atoms with van der Waals surface area (Å²) in [6, 6.07) is 10.4. The first kappa shape index (κ1) is 15.3. The zero-order chi connectivity index (χ0) is 15.4. The third-order valence-electron chi connectivity index (χ3n) is 3.34. The van der Waals surface area contributed by atoms with E-state index in [9.17, 15) is 0 Å². The van der Waals surface area contributed by atoms with Gasteiger partial charge >= 0.3 is 0 Å². The number of benzene rings is 1. The molecule has 0 unspecified atom stereocenters. The third-order valence-corrected chi connectivity index (χ3v) is 3.34. The van der Waals surface area contributed by atoms with Gasteiger partial charge in [0, 0.05) is 43.7 Å². The lowest BCUT2D eigenvalue weighted by molar-refractivity contribution is 0.817. The summed E-state index contributed by atoms with van der Waals surface area (Å²) in [7, 11) is 4.07. The predicted molar refractivity (Wildman–Crippen MR) is 90.0 cm³/mol. The van der Waals surface area contributed by atoms with E-state index < -0.39 is 0 Å². The highest BCUT2D eigenvalue weighted by Gasteiger charge is 2.09. The van der Waals surface area contributed by atoms with Gasteiger partial charge < -0.3 is 10.2 Å². The molecule has 0 fully saturated rings. The molecule has 2 rings (SSSR count). The van der Waals surface area contributed by atoms with E-state index >= 15 is 0 Å². The molecule has 0 saturated carbocycles. The maximum atomic E-state index is 4.70. The SMILES string of the molecule is CCNc1cc(C(C)C)nc(-c2ccc(N(C)C)cc2)n1. The van der Waals surface area contributed by atoms with Crippen LogP contribution in [0.25, 0.3) is 11.4 Å². The van der Waals surface area contributed by atoms with Crippen LogP contribution in [0.3, 0.4) is 0 Å². The number of nitrogens with zero attached hydrogens (tertiary/aromatic N) is 3. The molecule has 1 heterocycles. The van der Waals surface area contributed by atoms with Crippen LogP contribution in [-0.4, -0.2) is 30.6 Å². The van der Waals surface area contributed by atoms with Crippen LogP contribution in [0, 0.1) is 0 Å². The summed E-state index contributed by atoms with van der Waals surface area (Å²) in [4.78, 5) is 11.4. The number of hydrogen-bond acceptors (Lipinski definition) is 4. The predicted octanol–water partition coefficient (Wildman–Crippen LogP) is 3.76. The summed E-state index contributed by atoms with van der Waals surface area (Å²) in [5.41, 5.74) is 3.28. The van der Waals surface area contributed by atoms with Gasteiger partial charge in [-0.15, -0.1) is 0 Å². The Kier molecular flexibility index (Phi) is 4.78. The zero-order valence-electron chi connectivity index (χ0n) is 13.5. The van der Waals surface area contributed by atoms with Crippen molar-refractivity contribution in [3.8, 4) is 11.4 Å². The summed E-state index contributed by atoms with van der Waals surface area (Å²) < 4.78 is 0. The molecule has 21 heavy (non-hydrogen) atoms. The van der Waals surface area contributed by atoms with Gasteiger partial charge in [0.2, 0.25) is 0 Å². The highest BCUT2D eigenvalue weighted by atomic mass is 15.1. The smallest absolute Gasteiger partial charge is 0.161 e. The molecule has 0 aliphatic rings. The second-order valence-corrected chi connectivity index (χ2v) is 5.63. The molecule has 0 spiro atoms. The summed E-state index contributed by atoms with van der Waals surface area (Å²) >= 11 is 0. The molecule has 0 aliphatic heterocycles. The van der Waals surface area contributed by atoms with Gasteiger partial charge in [0.25, 0.3) is 0 Å². The Bertz CT molecular complexity index is 588. The van der Waals surface area contributed by atoms with E-state index in [4.69, 9.17) is 4.98 Å². The molecule has 4 nitrogen and oxygen atoms in total. The van der Waals surface area contributed by atoms with Crippen LogP contribution < -0.4 is 10.2 Å². The minimum atomic E-state index is 0.380. The Morgan fingerprint density at radius 2 is 1.76 bits per heavy atom. The molecule has 4 heteroatoms. The average Bonchev–Trinajstić information content (AvgIpc) is 2.47. The average molecular weight is 284 g/mol. The molecule has 0 bridgehead atoms. The van der Waals surface area contributed by atoms with Crippen molar-refractivity contribution in [3.63, 3.8) is 0 Å². The molecule has 0 atom stereocenters. The Morgan fingerprint density at radius 1 is 1.10 bits per heavy atom. The fourth-order valence-corrected chi connectivity index (χ4v) is 2.07. The molecular formula is C17H24N4. The van der Waals surface area contributed by atoms with Crippen molar-refractivity contribution in [1.29, 1.82) is 0 Å². The quantitative estimate of drug-likeness (QED) is 0.907. The van der Waals surface area contributed by atoms with E-state index in [1.165, 1.54) is 5.69 Å². The molecule has 0 saturated heterocycles. The Labute approximate surface area is 127 Å². The Morgan fingerprint density at radius 3 is 2.29 bits per heavy atom. The van der Waals surface area contributed by atoms with Gasteiger partial charge in [-0.05, 0) is 37.1 Å². The molecule has 0 aliphatic carbocycles. The first-order valence-electron chi connectivity index (χ1n) is 7.42. The maximum Gasteiger partial charge on any atom is 0.161 e. The number of rotatable bonds is 5. The van der Waals surface area contributed by atoms with Gasteiger partial charge in [0.1, 0.15) is 5.82 Å². The van der Waals surface area contributed by atoms with Gasteiger partial charge in [-0.1, -0.05) is 13.8 Å². The van der Waals surface area contributed by atoms with Crippen molar-refractivity contribution in [2.24, 2.45) is 0 Å². The fraction of sp³-hybridized carbons (Fsp3) is 0.412. The number of anilines is 2. The van der Waals surface area contributed by atoms with Crippen molar-refractivity contribution in [3.05, 3.63) is 36.0 Å². The van der Waals surface area contributed by atoms with Crippen molar-refractivity contribution < 1.29 is 0 Å². The van der Waals surface area contributed by atoms with Gasteiger partial charge in [0.05, 0.1) is 0 Å². The normalized spacial score (nSPS) is 10.8. The van der Waals surface area contributed by atoms with Gasteiger partial charge in [-0.25, -0.2) is 9.97 Å². The second-order valence-electron chi connectivity index (χ2n) is 5.63. The highest BCUT2D eigenvalue weighted by molar-refractivity contribution is 5.61. The van der Waals surface area contributed by atoms with Gasteiger partial charge in [0.15, 0.2) is 5.82 Å². The largest absolute Gasteiger partial charge is 0.378 e. The number of aromatic nitrogens is 2. The van der Waals surface area contributed by atoms with E-state index in [0.717, 1.165) is 29.4 Å². The second kappa shape index (κ2) is 6.57. The van der Waals surface area contributed by atoms with Crippen molar-refractivity contribution in [1.82, 2.24) is 9.97 Å². The minimum absolute atomic E-state index is 0.380. The standard InChI is InChI=1S/C17H24N4/c1-6-18-16-11-15(12(2)3)19-17(20-16)13-7-9-14(10-8-13)21(4)5/h7-12H,6H2,1-5H3,(H,18,19,20). The van der Waals surface area contributed by atoms with Crippen molar-refractivity contribution in [2.75, 3.05) is 30.9 Å². The summed E-state index contributed by atoms with van der Waals surface area (Å²) in [5.74, 6) is 2.05. The topological polar surface area (TPSA) is 41.1 Å². The summed E-state index contributed by atoms with van der Waals surface area (Å²) in [6.45, 7) is 7.23. The van der Waals surface area contributed by atoms with Crippen LogP contribution >= 0.6 is 0 Å². The minimum Gasteiger partial charge on any atom is -0.378 e. The maximum absolute atomic E-state index is 4.70. The van der Waals surface area contributed by atoms with Crippen LogP contribution in [0.4, 0.5) is 11.5 Å². The van der Waals surface area contributed by atoms with Crippen molar-refractivity contribution in [2.45, 2.75) is 26.7 Å². The highest BCUT2D eigenvalue weighted by Crippen LogP contribution is 2.23. The molecule has 0 amide bonds. The monoisotopic (exact) mass is 284 g/mol. The molecule has 2 aromatic rings. The lowest BCUT2D eigenvalue weighted by Crippen LogP contribution is -2.08. The van der Waals surface area contributed by atoms with Gasteiger partial charge in [-0.3, -0.25) is 0 Å². The number of hydrogen-bond donors (Lipinski definition) is 1. The summed E-state index contributed by atoms with van der Waals surface area (Å²) in [6.07, 6.45) is 0. The van der Waals surface area contributed by atoms with E-state index in [0.29, 0.717) is 5.92 Å². The third kappa shape index (κ3) is 3.72. The van der Waals surface area contributed by atoms with E-state index in [-0.39, 0.29) is 0 Å². The Hall–Kier alpha value is -2.10. The van der Waals surface area contributed by atoms with E-state index in [2.05, 4.69) is 60.2 Å². The zero-order valence-corrected chi connectivity index (χ0v) is 13.5. The fourth-order valence-electron chi connectivity index (χ4n) is 2.07. The summed E-state index contributed by atoms with van der Waals surface area (Å²) in [5, 5.41) is 3.28. The first-order chi connectivity index (χ1) is 10.0. The van der Waals surface area contributed by atoms with Crippen LogP contribution in [0.1, 0.15) is 32.4 Å². The lowest BCUT2D eigenvalue weighted by Gasteiger charge is -2.14.